The van der Waals surface area contributed by atoms with Crippen molar-refractivity contribution in [2.24, 2.45) is 5.92 Å². The standard InChI is InChI=1S/C14H21FN2O/c1-9(2)8-17(10(3)4)14(18)11-5-6-12(15)13(16)7-11/h5-7,9-10H,8,16H2,1-4H3. The predicted octanol–water partition coefficient (Wildman–Crippen LogP) is 2.91. The van der Waals surface area contributed by atoms with Gasteiger partial charge in [0.15, 0.2) is 0 Å². The Labute approximate surface area is 108 Å². The Morgan fingerprint density at radius 3 is 2.39 bits per heavy atom. The summed E-state index contributed by atoms with van der Waals surface area (Å²) in [7, 11) is 0. The van der Waals surface area contributed by atoms with Crippen molar-refractivity contribution in [1.29, 1.82) is 0 Å². The van der Waals surface area contributed by atoms with Gasteiger partial charge in [-0.3, -0.25) is 4.79 Å². The lowest BCUT2D eigenvalue weighted by Gasteiger charge is -2.28. The second-order valence-electron chi connectivity index (χ2n) is 5.18. The molecule has 4 heteroatoms. The van der Waals surface area contributed by atoms with Crippen LogP contribution in [0, 0.1) is 11.7 Å². The van der Waals surface area contributed by atoms with E-state index in [1.165, 1.54) is 18.2 Å². The topological polar surface area (TPSA) is 46.3 Å². The van der Waals surface area contributed by atoms with E-state index in [9.17, 15) is 9.18 Å². The molecule has 0 saturated carbocycles. The van der Waals surface area contributed by atoms with E-state index in [-0.39, 0.29) is 17.6 Å². The van der Waals surface area contributed by atoms with Crippen molar-refractivity contribution in [2.75, 3.05) is 12.3 Å². The maximum Gasteiger partial charge on any atom is 0.254 e. The fourth-order valence-electron chi connectivity index (χ4n) is 1.76. The lowest BCUT2D eigenvalue weighted by Crippen LogP contribution is -2.39. The van der Waals surface area contributed by atoms with Crippen molar-refractivity contribution in [2.45, 2.75) is 33.7 Å². The monoisotopic (exact) mass is 252 g/mol. The first-order valence-corrected chi connectivity index (χ1v) is 6.19. The summed E-state index contributed by atoms with van der Waals surface area (Å²) < 4.78 is 13.1. The van der Waals surface area contributed by atoms with E-state index in [4.69, 9.17) is 5.73 Å². The van der Waals surface area contributed by atoms with Gasteiger partial charge in [0.1, 0.15) is 5.82 Å². The third-order valence-corrected chi connectivity index (χ3v) is 2.69. The number of nitrogen functional groups attached to an aromatic ring is 1. The van der Waals surface area contributed by atoms with Crippen molar-refractivity contribution in [3.63, 3.8) is 0 Å². The molecule has 0 unspecified atom stereocenters. The van der Waals surface area contributed by atoms with Gasteiger partial charge in [-0.2, -0.15) is 0 Å². The van der Waals surface area contributed by atoms with E-state index in [1.54, 1.807) is 4.90 Å². The molecular formula is C14H21FN2O. The van der Waals surface area contributed by atoms with E-state index < -0.39 is 5.82 Å². The van der Waals surface area contributed by atoms with Crippen LogP contribution in [-0.2, 0) is 0 Å². The Morgan fingerprint density at radius 1 is 1.33 bits per heavy atom. The van der Waals surface area contributed by atoms with Gasteiger partial charge in [-0.05, 0) is 38.0 Å². The quantitative estimate of drug-likeness (QED) is 0.837. The first-order valence-electron chi connectivity index (χ1n) is 6.19. The van der Waals surface area contributed by atoms with E-state index in [0.717, 1.165) is 0 Å². The maximum absolute atomic E-state index is 13.1. The third kappa shape index (κ3) is 3.45. The van der Waals surface area contributed by atoms with Crippen LogP contribution in [0.2, 0.25) is 0 Å². The van der Waals surface area contributed by atoms with Crippen LogP contribution >= 0.6 is 0 Å². The van der Waals surface area contributed by atoms with Gasteiger partial charge >= 0.3 is 0 Å². The molecule has 0 aromatic heterocycles. The van der Waals surface area contributed by atoms with Crippen molar-refractivity contribution < 1.29 is 9.18 Å². The molecule has 1 aromatic carbocycles. The van der Waals surface area contributed by atoms with Gasteiger partial charge < -0.3 is 10.6 Å². The predicted molar refractivity (Wildman–Crippen MR) is 71.8 cm³/mol. The van der Waals surface area contributed by atoms with Crippen LogP contribution < -0.4 is 5.73 Å². The molecule has 2 N–H and O–H groups in total. The van der Waals surface area contributed by atoms with Gasteiger partial charge in [0.2, 0.25) is 0 Å². The zero-order valence-electron chi connectivity index (χ0n) is 11.4. The van der Waals surface area contributed by atoms with Gasteiger partial charge in [-0.1, -0.05) is 13.8 Å². The van der Waals surface area contributed by atoms with Crippen LogP contribution in [-0.4, -0.2) is 23.4 Å². The van der Waals surface area contributed by atoms with Gasteiger partial charge in [0.05, 0.1) is 5.69 Å². The molecule has 1 amide bonds. The second-order valence-corrected chi connectivity index (χ2v) is 5.18. The number of hydrogen-bond donors (Lipinski definition) is 1. The lowest BCUT2D eigenvalue weighted by molar-refractivity contribution is 0.0682. The molecule has 0 saturated heterocycles. The highest BCUT2D eigenvalue weighted by Gasteiger charge is 2.20. The number of halogens is 1. The summed E-state index contributed by atoms with van der Waals surface area (Å²) in [6.07, 6.45) is 0. The van der Waals surface area contributed by atoms with Gasteiger partial charge in [-0.25, -0.2) is 4.39 Å². The van der Waals surface area contributed by atoms with Crippen molar-refractivity contribution in [3.05, 3.63) is 29.6 Å². The largest absolute Gasteiger partial charge is 0.396 e. The van der Waals surface area contributed by atoms with Crippen LogP contribution in [0.1, 0.15) is 38.1 Å². The van der Waals surface area contributed by atoms with Crippen LogP contribution in [0.5, 0.6) is 0 Å². The summed E-state index contributed by atoms with van der Waals surface area (Å²) in [5.74, 6) is -0.217. The molecular weight excluding hydrogens is 231 g/mol. The number of rotatable bonds is 4. The molecule has 0 aliphatic heterocycles. The number of nitrogens with zero attached hydrogens (tertiary/aromatic N) is 1. The highest BCUT2D eigenvalue weighted by Crippen LogP contribution is 2.16. The Kier molecular flexibility index (Phi) is 4.70. The van der Waals surface area contributed by atoms with Crippen LogP contribution in [0.25, 0.3) is 0 Å². The Morgan fingerprint density at radius 2 is 1.94 bits per heavy atom. The molecule has 0 spiro atoms. The average Bonchev–Trinajstić information content (AvgIpc) is 2.28. The van der Waals surface area contributed by atoms with Crippen LogP contribution in [0.15, 0.2) is 18.2 Å². The SMILES string of the molecule is CC(C)CN(C(=O)c1ccc(F)c(N)c1)C(C)C. The van der Waals surface area contributed by atoms with Crippen molar-refractivity contribution in [3.8, 4) is 0 Å². The molecule has 1 rings (SSSR count). The summed E-state index contributed by atoms with van der Waals surface area (Å²) in [6.45, 7) is 8.72. The van der Waals surface area contributed by atoms with Gasteiger partial charge in [-0.15, -0.1) is 0 Å². The molecule has 3 nitrogen and oxygen atoms in total. The summed E-state index contributed by atoms with van der Waals surface area (Å²) in [4.78, 5) is 14.1. The maximum atomic E-state index is 13.1. The van der Waals surface area contributed by atoms with E-state index in [1.807, 2.05) is 13.8 Å². The minimum absolute atomic E-state index is 0.00843. The smallest absolute Gasteiger partial charge is 0.254 e. The number of hydrogen-bond acceptors (Lipinski definition) is 2. The van der Waals surface area contributed by atoms with E-state index >= 15 is 0 Å². The van der Waals surface area contributed by atoms with E-state index in [0.29, 0.717) is 18.0 Å². The zero-order valence-corrected chi connectivity index (χ0v) is 11.4. The molecule has 0 bridgehead atoms. The second kappa shape index (κ2) is 5.85. The highest BCUT2D eigenvalue weighted by molar-refractivity contribution is 5.95. The average molecular weight is 252 g/mol. The Hall–Kier alpha value is -1.58. The normalized spacial score (nSPS) is 11.1. The van der Waals surface area contributed by atoms with Crippen molar-refractivity contribution >= 4 is 11.6 Å². The summed E-state index contributed by atoms with van der Waals surface area (Å²) in [5, 5.41) is 0. The first kappa shape index (κ1) is 14.5. The van der Waals surface area contributed by atoms with Crippen molar-refractivity contribution in [1.82, 2.24) is 4.90 Å². The summed E-state index contributed by atoms with van der Waals surface area (Å²) in [5.41, 5.74) is 5.93. The fraction of sp³-hybridized carbons (Fsp3) is 0.500. The Balaban J connectivity index is 2.98. The molecule has 1 aromatic rings. The van der Waals surface area contributed by atoms with Gasteiger partial charge in [0, 0.05) is 18.2 Å². The molecule has 100 valence electrons. The number of carbonyl (C=O) groups excluding carboxylic acids is 1. The summed E-state index contributed by atoms with van der Waals surface area (Å²) in [6, 6.07) is 4.21. The summed E-state index contributed by atoms with van der Waals surface area (Å²) >= 11 is 0. The minimum Gasteiger partial charge on any atom is -0.396 e. The molecule has 0 radical (unpaired) electrons. The molecule has 18 heavy (non-hydrogen) atoms. The lowest BCUT2D eigenvalue weighted by atomic mass is 10.1. The van der Waals surface area contributed by atoms with Gasteiger partial charge in [0.25, 0.3) is 5.91 Å². The molecule has 0 atom stereocenters. The number of carbonyl (C=O) groups is 1. The minimum atomic E-state index is -0.494. The number of nitrogens with two attached hydrogens (primary N) is 1. The van der Waals surface area contributed by atoms with E-state index in [2.05, 4.69) is 13.8 Å². The Bertz CT molecular complexity index is 430. The number of benzene rings is 1. The van der Waals surface area contributed by atoms with Crippen LogP contribution in [0.4, 0.5) is 10.1 Å². The first-order chi connectivity index (χ1) is 8.32. The molecule has 0 fully saturated rings. The highest BCUT2D eigenvalue weighted by atomic mass is 19.1. The van der Waals surface area contributed by atoms with Crippen LogP contribution in [0.3, 0.4) is 0 Å². The third-order valence-electron chi connectivity index (χ3n) is 2.69. The molecule has 0 heterocycles. The molecule has 0 aliphatic carbocycles. The fourth-order valence-corrected chi connectivity index (χ4v) is 1.76. The zero-order chi connectivity index (χ0) is 13.9. The number of anilines is 1. The number of amides is 1. The molecule has 0 aliphatic rings.